The smallest absolute Gasteiger partial charge is 0.252 e. The second-order valence-corrected chi connectivity index (χ2v) is 2.97. The lowest BCUT2D eigenvalue weighted by Crippen LogP contribution is -2.64. The number of nitrogens with one attached hydrogen (secondary N) is 2. The van der Waals surface area contributed by atoms with Gasteiger partial charge in [-0.25, -0.2) is 0 Å². The van der Waals surface area contributed by atoms with E-state index < -0.39 is 5.66 Å². The van der Waals surface area contributed by atoms with Crippen LogP contribution in [0.3, 0.4) is 0 Å². The van der Waals surface area contributed by atoms with E-state index in [1.54, 1.807) is 7.05 Å². The van der Waals surface area contributed by atoms with Gasteiger partial charge in [0.1, 0.15) is 5.66 Å². The molecular weight excluding hydrogens is 174 g/mol. The van der Waals surface area contributed by atoms with E-state index in [4.69, 9.17) is 5.73 Å². The van der Waals surface area contributed by atoms with Crippen molar-refractivity contribution in [3.05, 3.63) is 0 Å². The number of likely N-dealkylation sites (N-methyl/N-ethyl adjacent to an activating group) is 2. The van der Waals surface area contributed by atoms with Crippen LogP contribution in [-0.4, -0.2) is 30.9 Å². The second kappa shape index (κ2) is 5.40. The molecule has 0 radical (unpaired) electrons. The third-order valence-electron chi connectivity index (χ3n) is 1.81. The van der Waals surface area contributed by atoms with Crippen LogP contribution in [0, 0.1) is 0 Å². The number of nitrogens with two attached hydrogens (primary N) is 1. The Labute approximate surface area is 78.7 Å². The molecule has 0 saturated heterocycles. The van der Waals surface area contributed by atoms with Gasteiger partial charge in [0.2, 0.25) is 0 Å². The summed E-state index contributed by atoms with van der Waals surface area (Å²) in [6.45, 7) is 2.62. The highest BCUT2D eigenvalue weighted by Crippen LogP contribution is 2.05. The average molecular weight is 191 g/mol. The van der Waals surface area contributed by atoms with Gasteiger partial charge in [-0.1, -0.05) is 6.92 Å². The monoisotopic (exact) mass is 191 g/mol. The summed E-state index contributed by atoms with van der Waals surface area (Å²) in [6.07, 6.45) is 0.579. The summed E-state index contributed by atoms with van der Waals surface area (Å²) in [6, 6.07) is 0. The van der Waals surface area contributed by atoms with Crippen LogP contribution in [0.1, 0.15) is 13.3 Å². The molecule has 0 rings (SSSR count). The summed E-state index contributed by atoms with van der Waals surface area (Å²) in [5, 5.41) is 5.89. The molecule has 72 valence electrons. The number of thiol groups is 1. The van der Waals surface area contributed by atoms with Gasteiger partial charge in [0.05, 0.1) is 0 Å². The second-order valence-electron chi connectivity index (χ2n) is 2.52. The van der Waals surface area contributed by atoms with Crippen molar-refractivity contribution in [3.8, 4) is 0 Å². The van der Waals surface area contributed by atoms with Crippen LogP contribution in [0.15, 0.2) is 0 Å². The minimum Gasteiger partial charge on any atom is -0.367 e. The van der Waals surface area contributed by atoms with Crippen molar-refractivity contribution in [2.75, 3.05) is 19.3 Å². The van der Waals surface area contributed by atoms with Crippen molar-refractivity contribution < 1.29 is 4.79 Å². The maximum absolute atomic E-state index is 11.1. The minimum absolute atomic E-state index is 0.388. The van der Waals surface area contributed by atoms with Crippen LogP contribution in [0.25, 0.3) is 0 Å². The maximum Gasteiger partial charge on any atom is 0.252 e. The van der Waals surface area contributed by atoms with Crippen LogP contribution in [-0.2, 0) is 4.79 Å². The predicted molar refractivity (Wildman–Crippen MR) is 53.1 cm³/mol. The molecule has 0 aromatic carbocycles. The molecule has 0 aromatic rings. The van der Waals surface area contributed by atoms with Gasteiger partial charge in [-0.2, -0.15) is 12.6 Å². The first-order valence-electron chi connectivity index (χ1n) is 3.97. The molecule has 1 atom stereocenters. The number of hydrogen-bond donors (Lipinski definition) is 4. The highest BCUT2D eigenvalue weighted by Gasteiger charge is 2.32. The van der Waals surface area contributed by atoms with Gasteiger partial charge in [-0.3, -0.25) is 15.4 Å². The van der Waals surface area contributed by atoms with Crippen molar-refractivity contribution in [1.82, 2.24) is 10.6 Å². The molecule has 4 N–H and O–H groups in total. The first-order chi connectivity index (χ1) is 5.63. The third kappa shape index (κ3) is 2.66. The lowest BCUT2D eigenvalue weighted by atomic mass is 10.1. The molecule has 1 amide bonds. The molecule has 12 heavy (non-hydrogen) atoms. The third-order valence-corrected chi connectivity index (χ3v) is 2.04. The molecule has 0 aliphatic carbocycles. The summed E-state index contributed by atoms with van der Waals surface area (Å²) < 4.78 is 0. The molecule has 0 aromatic heterocycles. The van der Waals surface area contributed by atoms with Gasteiger partial charge in [-0.15, -0.1) is 0 Å². The van der Waals surface area contributed by atoms with Crippen LogP contribution in [0.5, 0.6) is 0 Å². The van der Waals surface area contributed by atoms with Crippen LogP contribution >= 0.6 is 12.6 Å². The largest absolute Gasteiger partial charge is 0.367 e. The fourth-order valence-corrected chi connectivity index (χ4v) is 1.44. The zero-order chi connectivity index (χ0) is 9.61. The summed E-state index contributed by atoms with van der Waals surface area (Å²) in [5.41, 5.74) is 4.46. The van der Waals surface area contributed by atoms with E-state index in [2.05, 4.69) is 23.3 Å². The quantitative estimate of drug-likeness (QED) is 0.332. The molecule has 0 aliphatic heterocycles. The standard InChI is InChI=1S/C7H17N3OS/c1-3-10-7(9-2,4-5-12)6(8)11/h9-10,12H,3-5H2,1-2H3,(H2,8,11). The van der Waals surface area contributed by atoms with Crippen LogP contribution in [0.4, 0.5) is 0 Å². The predicted octanol–water partition coefficient (Wildman–Crippen LogP) is -0.683. The lowest BCUT2D eigenvalue weighted by Gasteiger charge is -2.30. The SMILES string of the molecule is CCNC(CCS)(NC)C(N)=O. The number of carbonyl (C=O) groups excluding carboxylic acids is 1. The number of hydrogen-bond acceptors (Lipinski definition) is 4. The maximum atomic E-state index is 11.1. The summed E-state index contributed by atoms with van der Waals surface area (Å²) >= 11 is 4.07. The van der Waals surface area contributed by atoms with E-state index >= 15 is 0 Å². The van der Waals surface area contributed by atoms with E-state index in [0.717, 1.165) is 0 Å². The summed E-state index contributed by atoms with van der Waals surface area (Å²) in [4.78, 5) is 11.1. The van der Waals surface area contributed by atoms with Gasteiger partial charge in [0.15, 0.2) is 0 Å². The summed E-state index contributed by atoms with van der Waals surface area (Å²) in [5.74, 6) is 0.220. The van der Waals surface area contributed by atoms with E-state index in [0.29, 0.717) is 18.7 Å². The van der Waals surface area contributed by atoms with Crippen molar-refractivity contribution >= 4 is 18.5 Å². The molecule has 0 aliphatic rings. The Morgan fingerprint density at radius 3 is 2.50 bits per heavy atom. The Bertz CT molecular complexity index is 146. The van der Waals surface area contributed by atoms with Crippen molar-refractivity contribution in [3.63, 3.8) is 0 Å². The fourth-order valence-electron chi connectivity index (χ4n) is 1.10. The molecule has 0 fully saturated rings. The highest BCUT2D eigenvalue weighted by atomic mass is 32.1. The molecule has 4 nitrogen and oxygen atoms in total. The topological polar surface area (TPSA) is 67.2 Å². The minimum atomic E-state index is -0.795. The van der Waals surface area contributed by atoms with Gasteiger partial charge in [0, 0.05) is 0 Å². The fraction of sp³-hybridized carbons (Fsp3) is 0.857. The Balaban J connectivity index is 4.39. The van der Waals surface area contributed by atoms with Crippen molar-refractivity contribution in [1.29, 1.82) is 0 Å². The van der Waals surface area contributed by atoms with Crippen LogP contribution in [0.2, 0.25) is 0 Å². The number of amides is 1. The van der Waals surface area contributed by atoms with E-state index in [-0.39, 0.29) is 5.91 Å². The normalized spacial score (nSPS) is 15.6. The Morgan fingerprint density at radius 2 is 2.25 bits per heavy atom. The molecule has 0 heterocycles. The number of rotatable bonds is 6. The summed E-state index contributed by atoms with van der Waals surface area (Å²) in [7, 11) is 1.71. The van der Waals surface area contributed by atoms with Gasteiger partial charge < -0.3 is 5.73 Å². The molecule has 1 unspecified atom stereocenters. The highest BCUT2D eigenvalue weighted by molar-refractivity contribution is 7.80. The molecule has 0 saturated carbocycles. The van der Waals surface area contributed by atoms with Gasteiger partial charge >= 0.3 is 0 Å². The lowest BCUT2D eigenvalue weighted by molar-refractivity contribution is -0.125. The van der Waals surface area contributed by atoms with Gasteiger partial charge in [0.25, 0.3) is 5.91 Å². The Hall–Kier alpha value is -0.260. The van der Waals surface area contributed by atoms with E-state index in [1.807, 2.05) is 6.92 Å². The first-order valence-corrected chi connectivity index (χ1v) is 4.61. The molecule has 5 heteroatoms. The van der Waals surface area contributed by atoms with Crippen LogP contribution < -0.4 is 16.4 Å². The van der Waals surface area contributed by atoms with Gasteiger partial charge in [-0.05, 0) is 25.8 Å². The zero-order valence-corrected chi connectivity index (χ0v) is 8.45. The number of carbonyl (C=O) groups is 1. The first kappa shape index (κ1) is 11.7. The van der Waals surface area contributed by atoms with E-state index in [1.165, 1.54) is 0 Å². The molecular formula is C7H17N3OS. The Kier molecular flexibility index (Phi) is 5.28. The zero-order valence-electron chi connectivity index (χ0n) is 7.55. The average Bonchev–Trinajstić information content (AvgIpc) is 2.03. The molecule has 0 bridgehead atoms. The van der Waals surface area contributed by atoms with E-state index in [9.17, 15) is 4.79 Å². The van der Waals surface area contributed by atoms with Crippen molar-refractivity contribution in [2.45, 2.75) is 19.0 Å². The Morgan fingerprint density at radius 1 is 1.67 bits per heavy atom. The van der Waals surface area contributed by atoms with Crippen molar-refractivity contribution in [2.24, 2.45) is 5.73 Å². The molecule has 0 spiro atoms. The number of primary amides is 1.